The van der Waals surface area contributed by atoms with Gasteiger partial charge < -0.3 is 10.6 Å². The standard InChI is InChI=1S/C17H25N3O2S2/c21-16(17(22)19-11-15-2-1-8-24-15)18-10-13-3-6-20(7-4-13)14-5-9-23-12-14/h1-2,8,13-14H,3-7,9-12H2,(H,18,21)(H,19,22)/t14-/m0/s1. The molecule has 0 bridgehead atoms. The van der Waals surface area contributed by atoms with Gasteiger partial charge in [-0.05, 0) is 55.5 Å². The molecule has 1 aromatic heterocycles. The quantitative estimate of drug-likeness (QED) is 0.778. The van der Waals surface area contributed by atoms with Crippen LogP contribution in [0.2, 0.25) is 0 Å². The molecule has 1 aromatic rings. The Bertz CT molecular complexity index is 536. The van der Waals surface area contributed by atoms with Gasteiger partial charge in [0.2, 0.25) is 0 Å². The number of hydrogen-bond donors (Lipinski definition) is 2. The molecule has 24 heavy (non-hydrogen) atoms. The van der Waals surface area contributed by atoms with E-state index in [9.17, 15) is 9.59 Å². The number of hydrogen-bond acceptors (Lipinski definition) is 5. The molecule has 2 amide bonds. The number of nitrogens with one attached hydrogen (secondary N) is 2. The van der Waals surface area contributed by atoms with Crippen LogP contribution in [-0.4, -0.2) is 53.9 Å². The van der Waals surface area contributed by atoms with Gasteiger partial charge in [-0.3, -0.25) is 14.5 Å². The minimum absolute atomic E-state index is 0.418. The molecule has 3 rings (SSSR count). The largest absolute Gasteiger partial charge is 0.348 e. The maximum Gasteiger partial charge on any atom is 0.309 e. The van der Waals surface area contributed by atoms with Crippen LogP contribution in [0.5, 0.6) is 0 Å². The molecule has 0 unspecified atom stereocenters. The predicted octanol–water partition coefficient (Wildman–Crippen LogP) is 1.70. The topological polar surface area (TPSA) is 61.4 Å². The summed E-state index contributed by atoms with van der Waals surface area (Å²) in [5.41, 5.74) is 0. The van der Waals surface area contributed by atoms with Crippen molar-refractivity contribution in [1.29, 1.82) is 0 Å². The lowest BCUT2D eigenvalue weighted by Gasteiger charge is -2.35. The van der Waals surface area contributed by atoms with Crippen molar-refractivity contribution in [2.24, 2.45) is 5.92 Å². The van der Waals surface area contributed by atoms with Crippen LogP contribution in [-0.2, 0) is 16.1 Å². The van der Waals surface area contributed by atoms with Gasteiger partial charge >= 0.3 is 11.8 Å². The zero-order chi connectivity index (χ0) is 16.8. The van der Waals surface area contributed by atoms with Gasteiger partial charge in [0.05, 0.1) is 6.54 Å². The van der Waals surface area contributed by atoms with Crippen molar-refractivity contribution in [3.8, 4) is 0 Å². The van der Waals surface area contributed by atoms with Crippen molar-refractivity contribution in [3.05, 3.63) is 22.4 Å². The van der Waals surface area contributed by atoms with Crippen molar-refractivity contribution in [3.63, 3.8) is 0 Å². The summed E-state index contributed by atoms with van der Waals surface area (Å²) in [5.74, 6) is 2.00. The molecule has 2 fully saturated rings. The fourth-order valence-electron chi connectivity index (χ4n) is 3.31. The van der Waals surface area contributed by atoms with Crippen LogP contribution >= 0.6 is 23.1 Å². The third-order valence-corrected chi connectivity index (χ3v) is 6.85. The van der Waals surface area contributed by atoms with Crippen LogP contribution in [0.15, 0.2) is 17.5 Å². The van der Waals surface area contributed by atoms with E-state index >= 15 is 0 Å². The van der Waals surface area contributed by atoms with Crippen molar-refractivity contribution in [1.82, 2.24) is 15.5 Å². The van der Waals surface area contributed by atoms with E-state index in [1.807, 2.05) is 17.5 Å². The maximum atomic E-state index is 11.9. The Morgan fingerprint density at radius 3 is 2.62 bits per heavy atom. The van der Waals surface area contributed by atoms with Gasteiger partial charge in [-0.25, -0.2) is 0 Å². The Morgan fingerprint density at radius 2 is 1.96 bits per heavy atom. The second kappa shape index (κ2) is 8.87. The molecule has 0 aliphatic carbocycles. The molecule has 2 N–H and O–H groups in total. The number of likely N-dealkylation sites (tertiary alicyclic amines) is 1. The number of rotatable bonds is 5. The van der Waals surface area contributed by atoms with Crippen LogP contribution in [0.4, 0.5) is 0 Å². The zero-order valence-corrected chi connectivity index (χ0v) is 15.5. The lowest BCUT2D eigenvalue weighted by molar-refractivity contribution is -0.139. The summed E-state index contributed by atoms with van der Waals surface area (Å²) in [4.78, 5) is 27.3. The van der Waals surface area contributed by atoms with Gasteiger partial charge in [-0.15, -0.1) is 11.3 Å². The number of carbonyl (C=O) groups excluding carboxylic acids is 2. The fraction of sp³-hybridized carbons (Fsp3) is 0.647. The molecule has 0 saturated carbocycles. The molecular weight excluding hydrogens is 342 g/mol. The summed E-state index contributed by atoms with van der Waals surface area (Å²) >= 11 is 3.63. The van der Waals surface area contributed by atoms with Gasteiger partial charge in [0.1, 0.15) is 0 Å². The van der Waals surface area contributed by atoms with Crippen molar-refractivity contribution >= 4 is 34.9 Å². The highest BCUT2D eigenvalue weighted by molar-refractivity contribution is 7.99. The lowest BCUT2D eigenvalue weighted by atomic mass is 9.95. The van der Waals surface area contributed by atoms with Crippen LogP contribution in [0, 0.1) is 5.92 Å². The molecule has 2 saturated heterocycles. The molecule has 7 heteroatoms. The van der Waals surface area contributed by atoms with Crippen molar-refractivity contribution in [2.75, 3.05) is 31.1 Å². The fourth-order valence-corrected chi connectivity index (χ4v) is 5.21. The van der Waals surface area contributed by atoms with Crippen LogP contribution in [0.25, 0.3) is 0 Å². The minimum Gasteiger partial charge on any atom is -0.348 e. The molecule has 1 atom stereocenters. The molecule has 0 aromatic carbocycles. The average molecular weight is 368 g/mol. The number of carbonyl (C=O) groups is 2. The first-order valence-corrected chi connectivity index (χ1v) is 10.7. The van der Waals surface area contributed by atoms with E-state index in [2.05, 4.69) is 27.3 Å². The monoisotopic (exact) mass is 367 g/mol. The number of amides is 2. The number of piperidine rings is 1. The van der Waals surface area contributed by atoms with E-state index < -0.39 is 11.8 Å². The predicted molar refractivity (Wildman–Crippen MR) is 99.2 cm³/mol. The molecule has 0 radical (unpaired) electrons. The van der Waals surface area contributed by atoms with E-state index in [1.54, 1.807) is 11.3 Å². The Labute approximate surface area is 151 Å². The van der Waals surface area contributed by atoms with Gasteiger partial charge in [0, 0.05) is 23.2 Å². The first-order chi connectivity index (χ1) is 11.7. The average Bonchev–Trinajstić information content (AvgIpc) is 3.31. The Hall–Kier alpha value is -1.05. The SMILES string of the molecule is O=C(NCc1cccs1)C(=O)NCC1CCN([C@H]2CCSC2)CC1. The minimum atomic E-state index is -0.538. The summed E-state index contributed by atoms with van der Waals surface area (Å²) in [5, 5.41) is 7.42. The first-order valence-electron chi connectivity index (χ1n) is 8.62. The second-order valence-electron chi connectivity index (χ2n) is 6.47. The number of thiophene rings is 1. The van der Waals surface area contributed by atoms with E-state index in [-0.39, 0.29) is 0 Å². The van der Waals surface area contributed by atoms with E-state index in [1.165, 1.54) is 17.9 Å². The highest BCUT2D eigenvalue weighted by Gasteiger charge is 2.27. The Balaban J connectivity index is 1.32. The Morgan fingerprint density at radius 1 is 1.17 bits per heavy atom. The molecule has 2 aliphatic heterocycles. The van der Waals surface area contributed by atoms with E-state index in [0.29, 0.717) is 19.0 Å². The summed E-state index contributed by atoms with van der Waals surface area (Å²) in [6.45, 7) is 3.27. The second-order valence-corrected chi connectivity index (χ2v) is 8.65. The molecule has 132 valence electrons. The molecule has 0 spiro atoms. The Kier molecular flexibility index (Phi) is 6.57. The van der Waals surface area contributed by atoms with Crippen LogP contribution < -0.4 is 10.6 Å². The van der Waals surface area contributed by atoms with Crippen molar-refractivity contribution < 1.29 is 9.59 Å². The summed E-state index contributed by atoms with van der Waals surface area (Å²) in [6, 6.07) is 4.64. The molecule has 5 nitrogen and oxygen atoms in total. The van der Waals surface area contributed by atoms with Crippen LogP contribution in [0.3, 0.4) is 0 Å². The smallest absolute Gasteiger partial charge is 0.309 e. The summed E-state index contributed by atoms with van der Waals surface area (Å²) < 4.78 is 0. The molecule has 3 heterocycles. The summed E-state index contributed by atoms with van der Waals surface area (Å²) in [6.07, 6.45) is 3.53. The third-order valence-electron chi connectivity index (χ3n) is 4.83. The summed E-state index contributed by atoms with van der Waals surface area (Å²) in [7, 11) is 0. The zero-order valence-electron chi connectivity index (χ0n) is 13.8. The molecule has 2 aliphatic rings. The van der Waals surface area contributed by atoms with Gasteiger partial charge in [0.15, 0.2) is 0 Å². The highest BCUT2D eigenvalue weighted by Crippen LogP contribution is 2.26. The number of nitrogens with zero attached hydrogens (tertiary/aromatic N) is 1. The van der Waals surface area contributed by atoms with Gasteiger partial charge in [-0.1, -0.05) is 6.07 Å². The number of thioether (sulfide) groups is 1. The van der Waals surface area contributed by atoms with Crippen LogP contribution in [0.1, 0.15) is 24.1 Å². The van der Waals surface area contributed by atoms with Gasteiger partial charge in [-0.2, -0.15) is 11.8 Å². The first kappa shape index (κ1) is 17.8. The third kappa shape index (κ3) is 4.97. The lowest BCUT2D eigenvalue weighted by Crippen LogP contribution is -2.45. The van der Waals surface area contributed by atoms with E-state index in [4.69, 9.17) is 0 Å². The van der Waals surface area contributed by atoms with Gasteiger partial charge in [0.25, 0.3) is 0 Å². The normalized spacial score (nSPS) is 22.4. The van der Waals surface area contributed by atoms with Crippen molar-refractivity contribution in [2.45, 2.75) is 31.8 Å². The highest BCUT2D eigenvalue weighted by atomic mass is 32.2. The maximum absolute atomic E-state index is 11.9. The van der Waals surface area contributed by atoms with E-state index in [0.717, 1.165) is 36.9 Å². The molecular formula is C17H25N3O2S2.